The van der Waals surface area contributed by atoms with E-state index in [-0.39, 0.29) is 40.4 Å². The number of hydrogen-bond donors (Lipinski definition) is 8. The minimum absolute atomic E-state index is 0.222. The second-order valence-electron chi connectivity index (χ2n) is 30.0. The predicted octanol–water partition coefficient (Wildman–Crippen LogP) is 16.1. The molecule has 0 saturated carbocycles. The number of carbonyl (C=O) groups is 7. The molecule has 0 aliphatic carbocycles. The van der Waals surface area contributed by atoms with E-state index in [0.29, 0.717) is 112 Å². The summed E-state index contributed by atoms with van der Waals surface area (Å²) in [6, 6.07) is 34.0. The number of carbonyl (C=O) groups excluding carboxylic acids is 6. The van der Waals surface area contributed by atoms with Crippen molar-refractivity contribution in [2.24, 2.45) is 0 Å². The number of nitrogens with two attached hydrogens (primary N) is 2. The highest BCUT2D eigenvalue weighted by Crippen LogP contribution is 2.35. The standard InChI is InChI=1S/C30H36FN5O5S.C20H20FN5OS.C17H19FN2O2.C13H19N3O4S/c1-29(2,3)40-27(38)34-22-12-9-20(19-7-10-21(31)11-8-19)17-23(22)33-25(37)24-18-32-26(42-24)35-13-15-36(16-14-35)28(39)41-30(4,5)6;21-15-4-1-13(2-5-15)14-3-6-16(22)17(11-14)25-19(27)18-12-24-20(28-18)26-9-7-23-8-10-26;1-17(2,3)22-16(21)20-15-9-6-12(10-14(15)19)11-4-7-13(18)8-5-11;1-13(2,3)20-12(19)16-6-4-15(5-7-16)11-14-8-9(21-11)10(17)18/h7-12,17-18H,13-16H2,1-6H3,(H,33,37)(H,34,38);1-6,11-12,23H,7-10,22H2,(H,25,27);4-10H,19H2,1-3H3,(H,20,21);8H,4-7H2,1-3H3,(H,17,18). The SMILES string of the molecule is CC(C)(C)OC(=O)N1CCN(c2ncc(C(=O)O)s2)CC1.CC(C)(C)OC(=O)Nc1ccc(-c2ccc(F)cc2)cc1N.CC(C)(C)OC(=O)Nc1ccc(-c2ccc(F)cc2)cc1NC(=O)c1cnc(N2CCN(C(=O)OC(C)(C)C)CC2)s1.Nc1ccc(-c2ccc(F)cc2)cc1NC(=O)c1cnc(N2CCNCC2)s1. The van der Waals surface area contributed by atoms with Crippen LogP contribution in [0.2, 0.25) is 0 Å². The van der Waals surface area contributed by atoms with E-state index < -0.39 is 46.5 Å². The molecule has 0 atom stereocenters. The Kier molecular flexibility index (Phi) is 28.5. The molecule has 3 aliphatic heterocycles. The van der Waals surface area contributed by atoms with Crippen molar-refractivity contribution in [1.82, 2.24) is 30.1 Å². The lowest BCUT2D eigenvalue weighted by atomic mass is 10.0. The maximum absolute atomic E-state index is 13.5. The van der Waals surface area contributed by atoms with Crippen molar-refractivity contribution in [3.63, 3.8) is 0 Å². The molecule has 0 unspecified atom stereocenters. The van der Waals surface area contributed by atoms with Gasteiger partial charge in [0.15, 0.2) is 15.4 Å². The molecule has 3 fully saturated rings. The molecule has 10 N–H and O–H groups in total. The molecule has 9 aromatic rings. The highest BCUT2D eigenvalue weighted by molar-refractivity contribution is 7.18. The van der Waals surface area contributed by atoms with Gasteiger partial charge in [0.25, 0.3) is 11.8 Å². The Hall–Kier alpha value is -11.6. The maximum Gasteiger partial charge on any atom is 0.412 e. The number of hydrogen-bond acceptors (Lipinski definition) is 23. The van der Waals surface area contributed by atoms with Gasteiger partial charge in [-0.1, -0.05) is 88.6 Å². The van der Waals surface area contributed by atoms with Crippen LogP contribution < -0.4 is 52.8 Å². The van der Waals surface area contributed by atoms with Crippen LogP contribution in [-0.4, -0.2) is 173 Å². The van der Waals surface area contributed by atoms with Crippen LogP contribution in [0.15, 0.2) is 146 Å². The molecule has 27 nitrogen and oxygen atoms in total. The molecule has 0 radical (unpaired) electrons. The normalized spacial score (nSPS) is 13.8. The Morgan fingerprint density at radius 1 is 0.389 bits per heavy atom. The zero-order valence-electron chi connectivity index (χ0n) is 64.9. The first kappa shape index (κ1) is 85.5. The van der Waals surface area contributed by atoms with Gasteiger partial charge in [0.05, 0.1) is 52.7 Å². The average molecular weight is 1610 g/mol. The van der Waals surface area contributed by atoms with Gasteiger partial charge >= 0.3 is 30.3 Å². The van der Waals surface area contributed by atoms with Crippen molar-refractivity contribution >= 4 is 126 Å². The number of halogens is 3. The van der Waals surface area contributed by atoms with Gasteiger partial charge in [-0.2, -0.15) is 0 Å². The van der Waals surface area contributed by atoms with Gasteiger partial charge in [-0.05, 0) is 189 Å². The number of nitrogen functional groups attached to an aromatic ring is 2. The van der Waals surface area contributed by atoms with Crippen LogP contribution in [0.1, 0.15) is 112 Å². The summed E-state index contributed by atoms with van der Waals surface area (Å²) in [5.74, 6) is -2.57. The van der Waals surface area contributed by atoms with Crippen LogP contribution in [0.3, 0.4) is 0 Å². The number of benzene rings is 6. The molecule has 6 amide bonds. The van der Waals surface area contributed by atoms with Crippen LogP contribution in [0.4, 0.5) is 81.9 Å². The van der Waals surface area contributed by atoms with E-state index >= 15 is 0 Å². The van der Waals surface area contributed by atoms with E-state index in [4.69, 9.17) is 35.5 Å². The number of aromatic carboxylic acids is 1. The van der Waals surface area contributed by atoms with Crippen molar-refractivity contribution in [1.29, 1.82) is 0 Å². The van der Waals surface area contributed by atoms with E-state index in [9.17, 15) is 46.7 Å². The average Bonchev–Trinajstić information content (AvgIpc) is 1.64. The van der Waals surface area contributed by atoms with Crippen molar-refractivity contribution < 1.29 is 70.8 Å². The van der Waals surface area contributed by atoms with Gasteiger partial charge in [0.2, 0.25) is 0 Å². The molecule has 6 aromatic carbocycles. The number of aromatic nitrogens is 3. The zero-order valence-corrected chi connectivity index (χ0v) is 67.3. The first-order chi connectivity index (χ1) is 53.3. The molecule has 6 heterocycles. The van der Waals surface area contributed by atoms with Crippen molar-refractivity contribution in [3.05, 3.63) is 178 Å². The number of nitrogens with one attached hydrogen (secondary N) is 5. The van der Waals surface area contributed by atoms with Crippen LogP contribution >= 0.6 is 34.0 Å². The van der Waals surface area contributed by atoms with Crippen molar-refractivity contribution in [3.8, 4) is 33.4 Å². The number of ether oxygens (including phenoxy) is 4. The molecular formula is C80H94F3N15O12S3. The molecular weight excluding hydrogens is 1520 g/mol. The minimum atomic E-state index is -0.967. The van der Waals surface area contributed by atoms with Crippen LogP contribution in [0, 0.1) is 17.5 Å². The molecule has 3 aromatic heterocycles. The van der Waals surface area contributed by atoms with Crippen LogP contribution in [-0.2, 0) is 18.9 Å². The monoisotopic (exact) mass is 1610 g/mol. The molecule has 600 valence electrons. The number of nitrogens with zero attached hydrogens (tertiary/aromatic N) is 8. The number of piperazine rings is 3. The summed E-state index contributed by atoms with van der Waals surface area (Å²) in [7, 11) is 0. The summed E-state index contributed by atoms with van der Waals surface area (Å²) < 4.78 is 60.9. The summed E-state index contributed by atoms with van der Waals surface area (Å²) in [6.45, 7) is 29.6. The number of anilines is 9. The Morgan fingerprint density at radius 3 is 1.10 bits per heavy atom. The quantitative estimate of drug-likeness (QED) is 0.0393. The lowest BCUT2D eigenvalue weighted by molar-refractivity contribution is 0.0230. The highest BCUT2D eigenvalue weighted by atomic mass is 32.1. The fourth-order valence-corrected chi connectivity index (χ4v) is 13.5. The Labute approximate surface area is 665 Å². The van der Waals surface area contributed by atoms with Crippen LogP contribution in [0.25, 0.3) is 33.4 Å². The lowest BCUT2D eigenvalue weighted by Gasteiger charge is -2.35. The van der Waals surface area contributed by atoms with E-state index in [0.717, 1.165) is 70.5 Å². The molecule has 3 saturated heterocycles. The number of carboxylic acids is 1. The molecule has 12 rings (SSSR count). The van der Waals surface area contributed by atoms with E-state index in [2.05, 4.69) is 46.4 Å². The van der Waals surface area contributed by atoms with Gasteiger partial charge in [-0.25, -0.2) is 52.1 Å². The summed E-state index contributed by atoms with van der Waals surface area (Å²) in [4.78, 5) is 109. The van der Waals surface area contributed by atoms with Gasteiger partial charge in [-0.15, -0.1) is 0 Å². The van der Waals surface area contributed by atoms with E-state index in [1.165, 1.54) is 71.5 Å². The molecule has 33 heteroatoms. The number of thiazole rings is 3. The lowest BCUT2D eigenvalue weighted by Crippen LogP contribution is -2.50. The second kappa shape index (κ2) is 37.6. The fraction of sp³-hybridized carbons (Fsp3) is 0.350. The largest absolute Gasteiger partial charge is 0.477 e. The van der Waals surface area contributed by atoms with Gasteiger partial charge in [0, 0.05) is 78.5 Å². The third-order valence-electron chi connectivity index (χ3n) is 16.4. The first-order valence-corrected chi connectivity index (χ1v) is 38.6. The molecule has 3 aliphatic rings. The minimum Gasteiger partial charge on any atom is -0.477 e. The molecule has 0 spiro atoms. The number of carboxylic acid groups (broad SMARTS) is 1. The van der Waals surface area contributed by atoms with E-state index in [1.54, 1.807) is 142 Å². The first-order valence-electron chi connectivity index (χ1n) is 36.1. The van der Waals surface area contributed by atoms with Gasteiger partial charge in [-0.3, -0.25) is 20.2 Å². The number of amides is 6. The summed E-state index contributed by atoms with van der Waals surface area (Å²) in [5.41, 5.74) is 17.0. The second-order valence-corrected chi connectivity index (χ2v) is 33.0. The topological polar surface area (TPSA) is 344 Å². The predicted molar refractivity (Wildman–Crippen MR) is 438 cm³/mol. The Bertz CT molecular complexity index is 4790. The van der Waals surface area contributed by atoms with Crippen molar-refractivity contribution in [2.45, 2.75) is 105 Å². The fourth-order valence-electron chi connectivity index (χ4n) is 11.0. The van der Waals surface area contributed by atoms with Gasteiger partial charge in [0.1, 0.15) is 54.5 Å². The highest BCUT2D eigenvalue weighted by Gasteiger charge is 2.31. The third-order valence-corrected chi connectivity index (χ3v) is 19.5. The number of rotatable bonds is 13. The van der Waals surface area contributed by atoms with E-state index in [1.807, 2.05) is 57.4 Å². The summed E-state index contributed by atoms with van der Waals surface area (Å²) in [5, 5.41) is 25.4. The molecule has 113 heavy (non-hydrogen) atoms. The van der Waals surface area contributed by atoms with Crippen LogP contribution in [0.5, 0.6) is 0 Å². The smallest absolute Gasteiger partial charge is 0.412 e. The molecule has 0 bridgehead atoms. The third kappa shape index (κ3) is 26.3. The maximum atomic E-state index is 13.5. The Morgan fingerprint density at radius 2 is 0.717 bits per heavy atom. The summed E-state index contributed by atoms with van der Waals surface area (Å²) >= 11 is 3.75. The van der Waals surface area contributed by atoms with Crippen molar-refractivity contribution in [2.75, 3.05) is 126 Å². The summed E-state index contributed by atoms with van der Waals surface area (Å²) in [6.07, 6.45) is 2.57. The Balaban J connectivity index is 0.000000180. The van der Waals surface area contributed by atoms with Gasteiger partial charge < -0.3 is 76.0 Å². The zero-order chi connectivity index (χ0) is 82.1.